The highest BCUT2D eigenvalue weighted by Gasteiger charge is 2.01. The number of rotatable bonds is 8. The number of nitrogens with zero attached hydrogens (tertiary/aromatic N) is 2. The van der Waals surface area contributed by atoms with Crippen LogP contribution in [0.15, 0.2) is 0 Å². The molecule has 0 radical (unpaired) electrons. The minimum absolute atomic E-state index is 1.07. The van der Waals surface area contributed by atoms with Crippen LogP contribution in [0.4, 0.5) is 0 Å². The molecule has 0 saturated heterocycles. The SMILES string of the molecule is CCNCCN(CC)CCN(C)C. The van der Waals surface area contributed by atoms with E-state index in [0.29, 0.717) is 0 Å². The Labute approximate surface area is 83.1 Å². The van der Waals surface area contributed by atoms with E-state index in [1.807, 2.05) is 0 Å². The molecule has 0 saturated carbocycles. The molecule has 0 aromatic rings. The Morgan fingerprint density at radius 1 is 1.00 bits per heavy atom. The van der Waals surface area contributed by atoms with Gasteiger partial charge in [-0.05, 0) is 27.2 Å². The number of likely N-dealkylation sites (N-methyl/N-ethyl adjacent to an activating group) is 3. The first kappa shape index (κ1) is 12.9. The van der Waals surface area contributed by atoms with Gasteiger partial charge in [0.05, 0.1) is 0 Å². The number of nitrogens with one attached hydrogen (secondary N) is 1. The Kier molecular flexibility index (Phi) is 8.40. The average molecular weight is 187 g/mol. The molecule has 0 unspecified atom stereocenters. The van der Waals surface area contributed by atoms with E-state index in [-0.39, 0.29) is 0 Å². The van der Waals surface area contributed by atoms with Crippen molar-refractivity contribution in [3.8, 4) is 0 Å². The van der Waals surface area contributed by atoms with Crippen molar-refractivity contribution in [1.82, 2.24) is 15.1 Å². The number of hydrogen-bond donors (Lipinski definition) is 1. The zero-order chi connectivity index (χ0) is 10.1. The van der Waals surface area contributed by atoms with Crippen LogP contribution in [0.25, 0.3) is 0 Å². The van der Waals surface area contributed by atoms with Crippen LogP contribution in [0.2, 0.25) is 0 Å². The molecule has 0 spiro atoms. The first-order chi connectivity index (χ1) is 6.20. The molecule has 0 aliphatic carbocycles. The molecule has 0 atom stereocenters. The van der Waals surface area contributed by atoms with Crippen LogP contribution >= 0.6 is 0 Å². The lowest BCUT2D eigenvalue weighted by Gasteiger charge is -2.22. The Morgan fingerprint density at radius 3 is 2.15 bits per heavy atom. The second kappa shape index (κ2) is 8.48. The lowest BCUT2D eigenvalue weighted by molar-refractivity contribution is 0.251. The van der Waals surface area contributed by atoms with E-state index in [4.69, 9.17) is 0 Å². The summed E-state index contributed by atoms with van der Waals surface area (Å²) in [6, 6.07) is 0. The van der Waals surface area contributed by atoms with Gasteiger partial charge in [-0.3, -0.25) is 0 Å². The third-order valence-electron chi connectivity index (χ3n) is 2.17. The lowest BCUT2D eigenvalue weighted by atomic mass is 10.4. The van der Waals surface area contributed by atoms with Crippen LogP contribution in [0.1, 0.15) is 13.8 Å². The predicted molar refractivity (Wildman–Crippen MR) is 59.2 cm³/mol. The molecule has 13 heavy (non-hydrogen) atoms. The Bertz CT molecular complexity index is 104. The van der Waals surface area contributed by atoms with Gasteiger partial charge in [0.2, 0.25) is 0 Å². The highest BCUT2D eigenvalue weighted by atomic mass is 15.2. The van der Waals surface area contributed by atoms with Gasteiger partial charge in [0.15, 0.2) is 0 Å². The molecule has 0 bridgehead atoms. The Hall–Kier alpha value is -0.120. The zero-order valence-corrected chi connectivity index (χ0v) is 9.64. The Morgan fingerprint density at radius 2 is 1.69 bits per heavy atom. The largest absolute Gasteiger partial charge is 0.316 e. The van der Waals surface area contributed by atoms with E-state index in [2.05, 4.69) is 43.1 Å². The topological polar surface area (TPSA) is 18.5 Å². The fourth-order valence-corrected chi connectivity index (χ4v) is 1.18. The van der Waals surface area contributed by atoms with Crippen molar-refractivity contribution in [3.05, 3.63) is 0 Å². The highest BCUT2D eigenvalue weighted by molar-refractivity contribution is 4.58. The number of hydrogen-bond acceptors (Lipinski definition) is 3. The van der Waals surface area contributed by atoms with Gasteiger partial charge in [0.1, 0.15) is 0 Å². The molecule has 0 aromatic carbocycles. The fraction of sp³-hybridized carbons (Fsp3) is 1.00. The van der Waals surface area contributed by atoms with Crippen molar-refractivity contribution in [2.24, 2.45) is 0 Å². The summed E-state index contributed by atoms with van der Waals surface area (Å²) < 4.78 is 0. The third kappa shape index (κ3) is 8.22. The normalized spacial score (nSPS) is 11.5. The van der Waals surface area contributed by atoms with Crippen molar-refractivity contribution in [2.45, 2.75) is 13.8 Å². The van der Waals surface area contributed by atoms with E-state index >= 15 is 0 Å². The summed E-state index contributed by atoms with van der Waals surface area (Å²) >= 11 is 0. The molecule has 0 rings (SSSR count). The molecule has 0 aliphatic heterocycles. The molecule has 0 aromatic heterocycles. The van der Waals surface area contributed by atoms with Crippen LogP contribution in [0.3, 0.4) is 0 Å². The molecule has 1 N–H and O–H groups in total. The van der Waals surface area contributed by atoms with Crippen LogP contribution < -0.4 is 5.32 Å². The summed E-state index contributed by atoms with van der Waals surface area (Å²) in [5.41, 5.74) is 0. The predicted octanol–water partition coefficient (Wildman–Crippen LogP) is 0.479. The van der Waals surface area contributed by atoms with E-state index in [9.17, 15) is 0 Å². The second-order valence-electron chi connectivity index (χ2n) is 3.59. The molecule has 80 valence electrons. The second-order valence-corrected chi connectivity index (χ2v) is 3.59. The highest BCUT2D eigenvalue weighted by Crippen LogP contribution is 1.87. The van der Waals surface area contributed by atoms with Gasteiger partial charge in [-0.25, -0.2) is 0 Å². The molecular formula is C10H25N3. The first-order valence-electron chi connectivity index (χ1n) is 5.28. The monoisotopic (exact) mass is 187 g/mol. The van der Waals surface area contributed by atoms with E-state index in [0.717, 1.165) is 32.7 Å². The maximum Gasteiger partial charge on any atom is 0.0110 e. The smallest absolute Gasteiger partial charge is 0.0110 e. The maximum atomic E-state index is 3.35. The van der Waals surface area contributed by atoms with Crippen LogP contribution in [0.5, 0.6) is 0 Å². The average Bonchev–Trinajstić information content (AvgIpc) is 2.10. The first-order valence-corrected chi connectivity index (χ1v) is 5.28. The van der Waals surface area contributed by atoms with Crippen LogP contribution in [-0.2, 0) is 0 Å². The van der Waals surface area contributed by atoms with E-state index in [1.165, 1.54) is 6.54 Å². The summed E-state index contributed by atoms with van der Waals surface area (Å²) in [7, 11) is 4.25. The van der Waals surface area contributed by atoms with Gasteiger partial charge < -0.3 is 15.1 Å². The van der Waals surface area contributed by atoms with Crippen molar-refractivity contribution >= 4 is 0 Å². The molecule has 3 heteroatoms. The molecule has 0 fully saturated rings. The van der Waals surface area contributed by atoms with E-state index in [1.54, 1.807) is 0 Å². The molecular weight excluding hydrogens is 162 g/mol. The van der Waals surface area contributed by atoms with Crippen LogP contribution in [0, 0.1) is 0 Å². The molecule has 0 aliphatic rings. The standard InChI is InChI=1S/C10H25N3/c1-5-11-7-8-13(6-2)10-9-12(3)4/h11H,5-10H2,1-4H3. The van der Waals surface area contributed by atoms with Gasteiger partial charge in [0, 0.05) is 26.2 Å². The van der Waals surface area contributed by atoms with Gasteiger partial charge in [0.25, 0.3) is 0 Å². The summed E-state index contributed by atoms with van der Waals surface area (Å²) in [4.78, 5) is 4.71. The lowest BCUT2D eigenvalue weighted by Crippen LogP contribution is -2.36. The summed E-state index contributed by atoms with van der Waals surface area (Å²) in [5, 5.41) is 3.35. The molecule has 0 amide bonds. The molecule has 3 nitrogen and oxygen atoms in total. The minimum Gasteiger partial charge on any atom is -0.316 e. The maximum absolute atomic E-state index is 3.35. The van der Waals surface area contributed by atoms with Crippen molar-refractivity contribution < 1.29 is 0 Å². The Balaban J connectivity index is 3.39. The summed E-state index contributed by atoms with van der Waals surface area (Å²) in [6.45, 7) is 11.2. The van der Waals surface area contributed by atoms with Gasteiger partial charge >= 0.3 is 0 Å². The van der Waals surface area contributed by atoms with Crippen molar-refractivity contribution in [1.29, 1.82) is 0 Å². The third-order valence-corrected chi connectivity index (χ3v) is 2.17. The minimum atomic E-state index is 1.07. The van der Waals surface area contributed by atoms with E-state index < -0.39 is 0 Å². The molecule has 0 heterocycles. The van der Waals surface area contributed by atoms with Crippen molar-refractivity contribution in [2.75, 3.05) is 53.4 Å². The zero-order valence-electron chi connectivity index (χ0n) is 9.64. The van der Waals surface area contributed by atoms with Crippen molar-refractivity contribution in [3.63, 3.8) is 0 Å². The van der Waals surface area contributed by atoms with Gasteiger partial charge in [-0.1, -0.05) is 13.8 Å². The summed E-state index contributed by atoms with van der Waals surface area (Å²) in [5.74, 6) is 0. The van der Waals surface area contributed by atoms with Gasteiger partial charge in [-0.2, -0.15) is 0 Å². The van der Waals surface area contributed by atoms with Gasteiger partial charge in [-0.15, -0.1) is 0 Å². The quantitative estimate of drug-likeness (QED) is 0.558. The van der Waals surface area contributed by atoms with Crippen LogP contribution in [-0.4, -0.2) is 63.2 Å². The summed E-state index contributed by atoms with van der Waals surface area (Å²) in [6.07, 6.45) is 0. The fourth-order valence-electron chi connectivity index (χ4n) is 1.18.